The lowest BCUT2D eigenvalue weighted by Crippen LogP contribution is -2.51. The zero-order valence-corrected chi connectivity index (χ0v) is 14.5. The summed E-state index contributed by atoms with van der Waals surface area (Å²) in [6.07, 6.45) is 0.326. The highest BCUT2D eigenvalue weighted by Crippen LogP contribution is 2.19. The fraction of sp³-hybridized carbons (Fsp3) is 0.250. The fourth-order valence-corrected chi connectivity index (χ4v) is 3.07. The molecule has 2 heterocycles. The second-order valence-corrected chi connectivity index (χ2v) is 6.34. The van der Waals surface area contributed by atoms with Crippen molar-refractivity contribution in [2.75, 3.05) is 13.2 Å². The summed E-state index contributed by atoms with van der Waals surface area (Å²) in [4.78, 5) is 20.0. The van der Waals surface area contributed by atoms with Gasteiger partial charge in [-0.25, -0.2) is 4.98 Å². The summed E-state index contributed by atoms with van der Waals surface area (Å²) in [7, 11) is 0. The topological polar surface area (TPSA) is 100 Å². The molecule has 1 saturated heterocycles. The van der Waals surface area contributed by atoms with Crippen molar-refractivity contribution in [3.63, 3.8) is 0 Å². The first-order valence-corrected chi connectivity index (χ1v) is 8.73. The van der Waals surface area contributed by atoms with E-state index >= 15 is 0 Å². The molecule has 3 aromatic rings. The number of H-pyrrole nitrogens is 1. The number of nitrogens with zero attached hydrogens (tertiary/aromatic N) is 2. The number of carbonyl (C=O) groups excluding carboxylic acids is 1. The number of hydrogen-bond acceptors (Lipinski definition) is 5. The van der Waals surface area contributed by atoms with E-state index in [1.807, 2.05) is 24.3 Å². The predicted molar refractivity (Wildman–Crippen MR) is 98.4 cm³/mol. The molecule has 7 nitrogen and oxygen atoms in total. The van der Waals surface area contributed by atoms with Crippen molar-refractivity contribution in [3.05, 3.63) is 59.9 Å². The van der Waals surface area contributed by atoms with Crippen LogP contribution in [0.4, 0.5) is 0 Å². The Labute approximate surface area is 155 Å². The first kappa shape index (κ1) is 17.1. The smallest absolute Gasteiger partial charge is 0.287 e. The molecule has 136 valence electrons. The van der Waals surface area contributed by atoms with Crippen LogP contribution in [-0.4, -0.2) is 41.2 Å². The zero-order valence-electron chi connectivity index (χ0n) is 14.5. The Kier molecular flexibility index (Phi) is 4.73. The van der Waals surface area contributed by atoms with Crippen LogP contribution in [0.25, 0.3) is 11.0 Å². The van der Waals surface area contributed by atoms with Gasteiger partial charge in [0.25, 0.3) is 5.91 Å². The zero-order chi connectivity index (χ0) is 18.6. The molecule has 0 saturated carbocycles. The molecule has 0 radical (unpaired) electrons. The highest BCUT2D eigenvalue weighted by atomic mass is 16.5. The van der Waals surface area contributed by atoms with E-state index in [0.29, 0.717) is 30.9 Å². The molecular weight excluding hydrogens is 344 g/mol. The molecule has 27 heavy (non-hydrogen) atoms. The van der Waals surface area contributed by atoms with Gasteiger partial charge >= 0.3 is 0 Å². The molecule has 0 bridgehead atoms. The van der Waals surface area contributed by atoms with E-state index in [1.54, 1.807) is 24.3 Å². The average Bonchev–Trinajstić information content (AvgIpc) is 3.14. The van der Waals surface area contributed by atoms with Gasteiger partial charge in [-0.1, -0.05) is 12.1 Å². The van der Waals surface area contributed by atoms with Gasteiger partial charge in [0, 0.05) is 6.61 Å². The average molecular weight is 362 g/mol. The maximum absolute atomic E-state index is 12.6. The number of nitrogens with one attached hydrogen (secondary N) is 2. The number of hydrogen-bond donors (Lipinski definition) is 2. The third kappa shape index (κ3) is 3.76. The van der Waals surface area contributed by atoms with Crippen LogP contribution >= 0.6 is 0 Å². The van der Waals surface area contributed by atoms with Crippen LogP contribution in [0.2, 0.25) is 0 Å². The van der Waals surface area contributed by atoms with Gasteiger partial charge in [0.2, 0.25) is 0 Å². The van der Waals surface area contributed by atoms with Crippen LogP contribution < -0.4 is 10.1 Å². The van der Waals surface area contributed by atoms with Gasteiger partial charge in [0.1, 0.15) is 11.9 Å². The van der Waals surface area contributed by atoms with Gasteiger partial charge in [-0.2, -0.15) is 5.26 Å². The number of ether oxygens (including phenoxy) is 2. The monoisotopic (exact) mass is 362 g/mol. The standard InChI is InChI=1S/C20H18N4O3/c21-11-13-5-7-14(8-6-13)27-18-12-26-10-9-17(18)24-20(25)19-22-15-3-1-2-4-16(15)23-19/h1-8,17-18H,9-10,12H2,(H,22,23)(H,24,25)/t17-,18-/m1/s1. The van der Waals surface area contributed by atoms with Crippen molar-refractivity contribution in [1.29, 1.82) is 5.26 Å². The Morgan fingerprint density at radius 3 is 2.85 bits per heavy atom. The highest BCUT2D eigenvalue weighted by molar-refractivity contribution is 5.94. The summed E-state index contributed by atoms with van der Waals surface area (Å²) in [6.45, 7) is 0.934. The van der Waals surface area contributed by atoms with Gasteiger partial charge < -0.3 is 19.8 Å². The van der Waals surface area contributed by atoms with E-state index in [2.05, 4.69) is 21.4 Å². The van der Waals surface area contributed by atoms with Crippen LogP contribution in [0.3, 0.4) is 0 Å². The molecule has 0 spiro atoms. The molecule has 2 aromatic carbocycles. The van der Waals surface area contributed by atoms with E-state index in [0.717, 1.165) is 11.0 Å². The van der Waals surface area contributed by atoms with E-state index < -0.39 is 0 Å². The second-order valence-electron chi connectivity index (χ2n) is 6.34. The number of nitriles is 1. The van der Waals surface area contributed by atoms with Crippen molar-refractivity contribution in [2.24, 2.45) is 0 Å². The summed E-state index contributed by atoms with van der Waals surface area (Å²) in [5, 5.41) is 11.9. The van der Waals surface area contributed by atoms with Crippen LogP contribution in [0.15, 0.2) is 48.5 Å². The molecule has 1 amide bonds. The maximum atomic E-state index is 12.6. The van der Waals surface area contributed by atoms with Gasteiger partial charge in [-0.3, -0.25) is 4.79 Å². The van der Waals surface area contributed by atoms with Crippen molar-refractivity contribution in [3.8, 4) is 11.8 Å². The SMILES string of the molecule is N#Cc1ccc(O[C@@H]2COCC[C@H]2NC(=O)c2nc3ccccc3[nH]2)cc1. The number of imidazole rings is 1. The third-order valence-electron chi connectivity index (χ3n) is 4.50. The molecular formula is C20H18N4O3. The Morgan fingerprint density at radius 1 is 1.26 bits per heavy atom. The van der Waals surface area contributed by atoms with Crippen molar-refractivity contribution >= 4 is 16.9 Å². The predicted octanol–water partition coefficient (Wildman–Crippen LogP) is 2.40. The molecule has 0 unspecified atom stereocenters. The highest BCUT2D eigenvalue weighted by Gasteiger charge is 2.30. The van der Waals surface area contributed by atoms with Crippen molar-refractivity contribution in [1.82, 2.24) is 15.3 Å². The first-order chi connectivity index (χ1) is 13.2. The molecule has 7 heteroatoms. The number of amides is 1. The van der Waals surface area contributed by atoms with Gasteiger partial charge in [0.15, 0.2) is 5.82 Å². The van der Waals surface area contributed by atoms with Crippen LogP contribution in [0, 0.1) is 11.3 Å². The number of benzene rings is 2. The largest absolute Gasteiger partial charge is 0.486 e. The summed E-state index contributed by atoms with van der Waals surface area (Å²) in [6, 6.07) is 16.3. The molecule has 1 aromatic heterocycles. The lowest BCUT2D eigenvalue weighted by Gasteiger charge is -2.32. The molecule has 1 aliphatic rings. The van der Waals surface area contributed by atoms with E-state index in [1.165, 1.54) is 0 Å². The van der Waals surface area contributed by atoms with Gasteiger partial charge in [0.05, 0.1) is 35.3 Å². The first-order valence-electron chi connectivity index (χ1n) is 8.73. The minimum atomic E-state index is -0.319. The Balaban J connectivity index is 1.46. The van der Waals surface area contributed by atoms with Gasteiger partial charge in [-0.05, 0) is 42.8 Å². The Bertz CT molecular complexity index is 957. The molecule has 2 N–H and O–H groups in total. The molecule has 1 fully saturated rings. The van der Waals surface area contributed by atoms with Crippen LogP contribution in [0.1, 0.15) is 22.6 Å². The second kappa shape index (κ2) is 7.48. The quantitative estimate of drug-likeness (QED) is 0.742. The lowest BCUT2D eigenvalue weighted by molar-refractivity contribution is -0.0135. The number of carbonyl (C=O) groups is 1. The van der Waals surface area contributed by atoms with Crippen molar-refractivity contribution < 1.29 is 14.3 Å². The van der Waals surface area contributed by atoms with Crippen molar-refractivity contribution in [2.45, 2.75) is 18.6 Å². The Hall–Kier alpha value is -3.37. The summed E-state index contributed by atoms with van der Waals surface area (Å²) in [5.41, 5.74) is 2.14. The van der Waals surface area contributed by atoms with E-state index in [9.17, 15) is 4.79 Å². The minimum absolute atomic E-state index is 0.199. The number of aromatic nitrogens is 2. The van der Waals surface area contributed by atoms with E-state index in [-0.39, 0.29) is 23.9 Å². The third-order valence-corrected chi connectivity index (χ3v) is 4.50. The van der Waals surface area contributed by atoms with Crippen LogP contribution in [0.5, 0.6) is 5.75 Å². The summed E-state index contributed by atoms with van der Waals surface area (Å²) in [5.74, 6) is 0.638. The number of fused-ring (bicyclic) bond motifs is 1. The Morgan fingerprint density at radius 2 is 2.07 bits per heavy atom. The normalized spacial score (nSPS) is 19.4. The number of aromatic amines is 1. The molecule has 4 rings (SSSR count). The summed E-state index contributed by atoms with van der Waals surface area (Å²) < 4.78 is 11.5. The fourth-order valence-electron chi connectivity index (χ4n) is 3.07. The number of para-hydroxylation sites is 2. The minimum Gasteiger partial charge on any atom is -0.486 e. The molecule has 1 aliphatic heterocycles. The van der Waals surface area contributed by atoms with E-state index in [4.69, 9.17) is 14.7 Å². The molecule has 0 aliphatic carbocycles. The summed E-state index contributed by atoms with van der Waals surface area (Å²) >= 11 is 0. The maximum Gasteiger partial charge on any atom is 0.287 e. The lowest BCUT2D eigenvalue weighted by atomic mass is 10.1. The van der Waals surface area contributed by atoms with Gasteiger partial charge in [-0.15, -0.1) is 0 Å². The number of rotatable bonds is 4. The van der Waals surface area contributed by atoms with Crippen LogP contribution in [-0.2, 0) is 4.74 Å². The molecule has 2 atom stereocenters.